The van der Waals surface area contributed by atoms with Gasteiger partial charge < -0.3 is 0 Å². The maximum atomic E-state index is 13.7. The number of hydrogen-bond acceptors (Lipinski definition) is 2. The SMILES string of the molecule is CCC(=O)N[B](NC(=O)CC)[Hf]([Cl])([Cl])([CH]1C(CC(C)C)=Cc2c(-c3ccccc3C)cccc21)[CH]1C(CC(C)C)=Cc2c(-c3ccccc3C)cccc21. The Morgan fingerprint density at radius 1 is 0.611 bits per heavy atom. The molecular weight excluding hydrogens is 873 g/mol. The fourth-order valence-corrected chi connectivity index (χ4v) is 38.7. The van der Waals surface area contributed by atoms with Crippen molar-refractivity contribution in [3.05, 3.63) is 129 Å². The Balaban J connectivity index is 1.73. The van der Waals surface area contributed by atoms with Gasteiger partial charge in [0.2, 0.25) is 0 Å². The number of allylic oxidation sites excluding steroid dienone is 2. The Morgan fingerprint density at radius 2 is 0.981 bits per heavy atom. The summed E-state index contributed by atoms with van der Waals surface area (Å²) in [4.78, 5) is 27.4. The van der Waals surface area contributed by atoms with Crippen molar-refractivity contribution in [1.82, 2.24) is 10.5 Å². The molecule has 2 aliphatic rings. The molecule has 2 amide bonds. The topological polar surface area (TPSA) is 58.2 Å². The van der Waals surface area contributed by atoms with Crippen molar-refractivity contribution in [1.29, 1.82) is 0 Å². The molecule has 0 heterocycles. The van der Waals surface area contributed by atoms with E-state index in [1.54, 1.807) is 0 Å². The molecule has 2 atom stereocenters. The molecule has 2 unspecified atom stereocenters. The molecule has 281 valence electrons. The van der Waals surface area contributed by atoms with Gasteiger partial charge in [-0.3, -0.25) is 0 Å². The average Bonchev–Trinajstić information content (AvgIpc) is 3.70. The summed E-state index contributed by atoms with van der Waals surface area (Å²) in [7, 11) is 17.8. The van der Waals surface area contributed by atoms with Crippen molar-refractivity contribution in [3.63, 3.8) is 0 Å². The van der Waals surface area contributed by atoms with E-state index in [-0.39, 0.29) is 32.0 Å². The monoisotopic (exact) mass is 927 g/mol. The summed E-state index contributed by atoms with van der Waals surface area (Å²) in [6.45, 7) is 16.9. The molecular formula is C46H54BCl2HfN2O2. The number of carbonyl (C=O) groups excluding carboxylic acids is 2. The number of carbonyl (C=O) groups is 2. The number of amides is 2. The van der Waals surface area contributed by atoms with E-state index in [1.807, 2.05) is 13.8 Å². The molecule has 4 aromatic rings. The summed E-state index contributed by atoms with van der Waals surface area (Å²) in [5.74, 6) is 0.242. The second-order valence-electron chi connectivity index (χ2n) is 16.2. The van der Waals surface area contributed by atoms with Crippen LogP contribution in [0.5, 0.6) is 0 Å². The van der Waals surface area contributed by atoms with Crippen LogP contribution in [0, 0.1) is 25.7 Å². The van der Waals surface area contributed by atoms with Gasteiger partial charge in [0.1, 0.15) is 0 Å². The van der Waals surface area contributed by atoms with E-state index in [9.17, 15) is 9.59 Å². The molecule has 0 spiro atoms. The van der Waals surface area contributed by atoms with Crippen LogP contribution in [0.3, 0.4) is 0 Å². The van der Waals surface area contributed by atoms with E-state index in [0.717, 1.165) is 46.2 Å². The number of halogens is 2. The first-order chi connectivity index (χ1) is 25.7. The normalized spacial score (nSPS) is 17.0. The van der Waals surface area contributed by atoms with Crippen LogP contribution in [-0.2, 0) is 25.5 Å². The number of hydrogen-bond donors (Lipinski definition) is 2. The summed E-state index contributed by atoms with van der Waals surface area (Å²) in [5.41, 5.74) is 13.8. The Labute approximate surface area is 331 Å². The molecule has 0 bridgehead atoms. The van der Waals surface area contributed by atoms with Crippen LogP contribution < -0.4 is 10.5 Å². The predicted molar refractivity (Wildman–Crippen MR) is 228 cm³/mol. The summed E-state index contributed by atoms with van der Waals surface area (Å²) in [6, 6.07) is 30.0. The van der Waals surface area contributed by atoms with Gasteiger partial charge in [-0.25, -0.2) is 0 Å². The number of benzene rings is 4. The zero-order valence-corrected chi connectivity index (χ0v) is 38.1. The zero-order valence-electron chi connectivity index (χ0n) is 33.0. The van der Waals surface area contributed by atoms with Crippen molar-refractivity contribution in [2.45, 2.75) is 88.4 Å². The third kappa shape index (κ3) is 7.40. The zero-order chi connectivity index (χ0) is 39.0. The summed E-state index contributed by atoms with van der Waals surface area (Å²) in [5, 5.41) is 6.59. The minimum atomic E-state index is -6.18. The van der Waals surface area contributed by atoms with Gasteiger partial charge in [-0.15, -0.1) is 0 Å². The van der Waals surface area contributed by atoms with E-state index in [1.165, 1.54) is 33.4 Å². The molecule has 4 aromatic carbocycles. The summed E-state index contributed by atoms with van der Waals surface area (Å²) in [6.07, 6.45) is 6.71. The van der Waals surface area contributed by atoms with E-state index in [4.69, 9.17) is 17.2 Å². The fraction of sp³-hybridized carbons (Fsp3) is 0.348. The number of rotatable bonds is 13. The van der Waals surface area contributed by atoms with Gasteiger partial charge in [-0.05, 0) is 0 Å². The van der Waals surface area contributed by atoms with Crippen LogP contribution >= 0.6 is 17.2 Å². The van der Waals surface area contributed by atoms with Crippen LogP contribution in [0.4, 0.5) is 0 Å². The molecule has 0 saturated carbocycles. The third-order valence-electron chi connectivity index (χ3n) is 11.4. The van der Waals surface area contributed by atoms with Crippen molar-refractivity contribution in [3.8, 4) is 22.3 Å². The fourth-order valence-electron chi connectivity index (χ4n) is 9.09. The number of aryl methyl sites for hydroxylation is 2. The molecule has 54 heavy (non-hydrogen) atoms. The second-order valence-corrected chi connectivity index (χ2v) is 46.7. The van der Waals surface area contributed by atoms with E-state index in [0.29, 0.717) is 11.8 Å². The molecule has 8 heteroatoms. The first kappa shape index (κ1) is 40.5. The third-order valence-corrected chi connectivity index (χ3v) is 39.9. The van der Waals surface area contributed by atoms with Crippen molar-refractivity contribution >= 4 is 45.7 Å². The molecule has 0 fully saturated rings. The molecule has 0 saturated heterocycles. The van der Waals surface area contributed by atoms with Crippen molar-refractivity contribution in [2.24, 2.45) is 11.8 Å². The minimum absolute atomic E-state index is 0.191. The van der Waals surface area contributed by atoms with Crippen LogP contribution in [0.2, 0.25) is 0 Å². The molecule has 2 aliphatic carbocycles. The first-order valence-electron chi connectivity index (χ1n) is 19.6. The van der Waals surface area contributed by atoms with Crippen LogP contribution in [-0.4, -0.2) is 16.4 Å². The Hall–Kier alpha value is -3.18. The van der Waals surface area contributed by atoms with Gasteiger partial charge in [0.15, 0.2) is 0 Å². The quantitative estimate of drug-likeness (QED) is 0.131. The van der Waals surface area contributed by atoms with Gasteiger partial charge in [0.25, 0.3) is 0 Å². The summed E-state index contributed by atoms with van der Waals surface area (Å²) >= 11 is -6.18. The maximum absolute atomic E-state index is 13.7. The second kappa shape index (κ2) is 16.1. The molecule has 0 aliphatic heterocycles. The van der Waals surface area contributed by atoms with Crippen molar-refractivity contribution < 1.29 is 25.5 Å². The van der Waals surface area contributed by atoms with Crippen LogP contribution in [0.15, 0.2) is 96.1 Å². The molecule has 6 rings (SSSR count). The average molecular weight is 927 g/mol. The van der Waals surface area contributed by atoms with E-state index in [2.05, 4.69) is 149 Å². The van der Waals surface area contributed by atoms with Gasteiger partial charge in [0.05, 0.1) is 0 Å². The van der Waals surface area contributed by atoms with E-state index >= 15 is 0 Å². The van der Waals surface area contributed by atoms with Crippen molar-refractivity contribution in [2.75, 3.05) is 0 Å². The number of nitrogens with one attached hydrogen (secondary N) is 2. The van der Waals surface area contributed by atoms with Crippen LogP contribution in [0.25, 0.3) is 34.4 Å². The Bertz CT molecular complexity index is 2010. The molecule has 2 N–H and O–H groups in total. The molecule has 0 aromatic heterocycles. The summed E-state index contributed by atoms with van der Waals surface area (Å²) < 4.78 is -1.72. The first-order valence-corrected chi connectivity index (χ1v) is 34.8. The van der Waals surface area contributed by atoms with Crippen LogP contribution in [0.1, 0.15) is 108 Å². The van der Waals surface area contributed by atoms with Gasteiger partial charge in [0, 0.05) is 0 Å². The number of fused-ring (bicyclic) bond motifs is 2. The molecule has 0 radical (unpaired) electrons. The predicted octanol–water partition coefficient (Wildman–Crippen LogP) is 12.3. The van der Waals surface area contributed by atoms with E-state index < -0.39 is 20.5 Å². The van der Waals surface area contributed by atoms with Gasteiger partial charge in [-0.2, -0.15) is 0 Å². The Kier molecular flexibility index (Phi) is 12.1. The van der Waals surface area contributed by atoms with Gasteiger partial charge >= 0.3 is 334 Å². The molecule has 4 nitrogen and oxygen atoms in total. The Morgan fingerprint density at radius 3 is 1.33 bits per heavy atom. The van der Waals surface area contributed by atoms with Gasteiger partial charge in [-0.1, -0.05) is 0 Å². The standard InChI is InChI=1S/2C20H21.C6H11BN2O2.2ClH.Hf/c2*1-14(2)11-16-12-17-8-6-10-19(20(17)13-16)18-9-5-4-7-15(18)3;1-3-5(10)8-7-9-6(11)4-2;;;/h2*4-10,12-14H,11H2,1-3H3;3-4H2,1-2H3,(H-,8,9,10,11);2*1H;/q;;;;;+1/p-1.